The molecule has 4 nitrogen and oxygen atoms in total. The third kappa shape index (κ3) is 2.47. The van der Waals surface area contributed by atoms with Gasteiger partial charge in [0, 0.05) is 6.04 Å². The molecule has 1 aromatic heterocycles. The molecule has 0 bridgehead atoms. The Morgan fingerprint density at radius 2 is 2.07 bits per heavy atom. The van der Waals surface area contributed by atoms with Gasteiger partial charge in [-0.3, -0.25) is 4.90 Å². The monoisotopic (exact) mass is 221 g/mol. The Hall–Kier alpha value is -1.11. The van der Waals surface area contributed by atoms with Crippen molar-refractivity contribution in [3.05, 3.63) is 11.8 Å². The molecule has 0 N–H and O–H groups in total. The van der Waals surface area contributed by atoms with Crippen LogP contribution < -0.4 is 0 Å². The zero-order chi connectivity index (χ0) is 11.1. The highest BCUT2D eigenvalue weighted by atomic mass is 19.4. The minimum absolute atomic E-state index is 0.0109. The highest BCUT2D eigenvalue weighted by Gasteiger charge is 2.38. The first-order chi connectivity index (χ1) is 6.97. The summed E-state index contributed by atoms with van der Waals surface area (Å²) in [6.07, 6.45) is -2.39. The fraction of sp³-hybridized carbons (Fsp3) is 0.750. The lowest BCUT2D eigenvalue weighted by Crippen LogP contribution is -2.20. The van der Waals surface area contributed by atoms with Crippen LogP contribution >= 0.6 is 0 Å². The fourth-order valence-corrected chi connectivity index (χ4v) is 1.29. The van der Waals surface area contributed by atoms with Crippen molar-refractivity contribution in [1.29, 1.82) is 0 Å². The average Bonchev–Trinajstić information content (AvgIpc) is 2.86. The number of nitrogens with zero attached hydrogens (tertiary/aromatic N) is 3. The van der Waals surface area contributed by atoms with Crippen LogP contribution in [-0.2, 0) is 12.7 Å². The van der Waals surface area contributed by atoms with Crippen molar-refractivity contribution < 1.29 is 17.6 Å². The summed E-state index contributed by atoms with van der Waals surface area (Å²) < 4.78 is 40.8. The van der Waals surface area contributed by atoms with Gasteiger partial charge in [0.25, 0.3) is 0 Å². The molecule has 1 aliphatic rings. The number of hydrogen-bond donors (Lipinski definition) is 0. The third-order valence-corrected chi connectivity index (χ3v) is 2.26. The molecule has 0 amide bonds. The minimum atomic E-state index is -4.55. The minimum Gasteiger partial charge on any atom is -0.416 e. The van der Waals surface area contributed by atoms with Gasteiger partial charge >= 0.3 is 12.1 Å². The van der Waals surface area contributed by atoms with E-state index in [0.717, 1.165) is 12.8 Å². The van der Waals surface area contributed by atoms with Gasteiger partial charge in [-0.05, 0) is 19.9 Å². The summed E-state index contributed by atoms with van der Waals surface area (Å²) in [5.41, 5.74) is 0. The molecule has 1 fully saturated rings. The maximum atomic E-state index is 12.1. The van der Waals surface area contributed by atoms with Crippen molar-refractivity contribution in [1.82, 2.24) is 15.1 Å². The lowest BCUT2D eigenvalue weighted by molar-refractivity contribution is -0.157. The number of hydrogen-bond acceptors (Lipinski definition) is 4. The van der Waals surface area contributed by atoms with Crippen molar-refractivity contribution in [2.75, 3.05) is 7.05 Å². The van der Waals surface area contributed by atoms with Gasteiger partial charge in [-0.15, -0.1) is 10.2 Å². The molecule has 0 aliphatic heterocycles. The summed E-state index contributed by atoms with van der Waals surface area (Å²) in [5.74, 6) is -1.27. The van der Waals surface area contributed by atoms with E-state index in [0.29, 0.717) is 6.04 Å². The number of aromatic nitrogens is 2. The van der Waals surface area contributed by atoms with Gasteiger partial charge in [0.2, 0.25) is 5.89 Å². The van der Waals surface area contributed by atoms with Crippen molar-refractivity contribution in [3.8, 4) is 0 Å². The van der Waals surface area contributed by atoms with Crippen LogP contribution in [0.3, 0.4) is 0 Å². The van der Waals surface area contributed by atoms with E-state index in [1.165, 1.54) is 0 Å². The molecule has 0 atom stereocenters. The largest absolute Gasteiger partial charge is 0.470 e. The Kier molecular flexibility index (Phi) is 2.41. The van der Waals surface area contributed by atoms with Gasteiger partial charge in [-0.2, -0.15) is 13.2 Å². The zero-order valence-corrected chi connectivity index (χ0v) is 8.08. The first-order valence-electron chi connectivity index (χ1n) is 4.56. The molecule has 1 heterocycles. The lowest BCUT2D eigenvalue weighted by atomic mass is 10.5. The Bertz CT molecular complexity index is 345. The number of alkyl halides is 3. The van der Waals surface area contributed by atoms with Crippen LogP contribution in [0, 0.1) is 0 Å². The summed E-state index contributed by atoms with van der Waals surface area (Å²) in [4.78, 5) is 1.91. The number of rotatable bonds is 3. The maximum Gasteiger partial charge on any atom is 0.470 e. The van der Waals surface area contributed by atoms with E-state index < -0.39 is 12.1 Å². The first kappa shape index (κ1) is 10.4. The molecule has 0 spiro atoms. The summed E-state index contributed by atoms with van der Waals surface area (Å²) in [7, 11) is 1.83. The first-order valence-corrected chi connectivity index (χ1v) is 4.56. The van der Waals surface area contributed by atoms with Gasteiger partial charge in [0.05, 0.1) is 6.54 Å². The van der Waals surface area contributed by atoms with Crippen LogP contribution in [0.2, 0.25) is 0 Å². The van der Waals surface area contributed by atoms with E-state index in [1.807, 2.05) is 11.9 Å². The van der Waals surface area contributed by atoms with Crippen molar-refractivity contribution in [3.63, 3.8) is 0 Å². The van der Waals surface area contributed by atoms with Crippen LogP contribution in [0.1, 0.15) is 24.6 Å². The zero-order valence-electron chi connectivity index (χ0n) is 8.08. The summed E-state index contributed by atoms with van der Waals surface area (Å²) >= 11 is 0. The SMILES string of the molecule is CN(Cc1nnc(C(F)(F)F)o1)C1CC1. The van der Waals surface area contributed by atoms with E-state index >= 15 is 0 Å². The summed E-state index contributed by atoms with van der Waals surface area (Å²) in [5, 5.41) is 6.31. The average molecular weight is 221 g/mol. The van der Waals surface area contributed by atoms with Gasteiger partial charge in [-0.25, -0.2) is 0 Å². The standard InChI is InChI=1S/C8H10F3N3O/c1-14(5-2-3-5)4-6-12-13-7(15-6)8(9,10)11/h5H,2-4H2,1H3. The number of halogens is 3. The van der Waals surface area contributed by atoms with E-state index in [1.54, 1.807) is 0 Å². The third-order valence-electron chi connectivity index (χ3n) is 2.26. The molecular weight excluding hydrogens is 211 g/mol. The predicted octanol–water partition coefficient (Wildman–Crippen LogP) is 1.68. The molecule has 0 aromatic carbocycles. The molecule has 0 unspecified atom stereocenters. The Morgan fingerprint density at radius 1 is 1.40 bits per heavy atom. The normalized spacial score (nSPS) is 17.4. The molecule has 1 aliphatic carbocycles. The molecule has 7 heteroatoms. The van der Waals surface area contributed by atoms with Crippen LogP contribution in [-0.4, -0.2) is 28.2 Å². The molecule has 1 saturated carbocycles. The van der Waals surface area contributed by atoms with Crippen molar-refractivity contribution in [2.45, 2.75) is 31.6 Å². The Balaban J connectivity index is 2.00. The summed E-state index contributed by atoms with van der Waals surface area (Å²) in [6, 6.07) is 0.450. The quantitative estimate of drug-likeness (QED) is 0.778. The molecule has 84 valence electrons. The van der Waals surface area contributed by atoms with Gasteiger partial charge in [-0.1, -0.05) is 0 Å². The molecular formula is C8H10F3N3O. The highest BCUT2D eigenvalue weighted by molar-refractivity contribution is 4.89. The predicted molar refractivity (Wildman–Crippen MR) is 43.8 cm³/mol. The van der Waals surface area contributed by atoms with Gasteiger partial charge in [0.1, 0.15) is 0 Å². The Labute approximate surface area is 84.1 Å². The second-order valence-electron chi connectivity index (χ2n) is 3.65. The molecule has 15 heavy (non-hydrogen) atoms. The van der Waals surface area contributed by atoms with Gasteiger partial charge < -0.3 is 4.42 Å². The van der Waals surface area contributed by atoms with E-state index in [9.17, 15) is 13.2 Å². The van der Waals surface area contributed by atoms with Crippen LogP contribution in [0.4, 0.5) is 13.2 Å². The second-order valence-corrected chi connectivity index (χ2v) is 3.65. The van der Waals surface area contributed by atoms with Crippen molar-refractivity contribution in [2.24, 2.45) is 0 Å². The topological polar surface area (TPSA) is 42.2 Å². The maximum absolute atomic E-state index is 12.1. The van der Waals surface area contributed by atoms with E-state index in [-0.39, 0.29) is 12.4 Å². The smallest absolute Gasteiger partial charge is 0.416 e. The second kappa shape index (κ2) is 3.48. The van der Waals surface area contributed by atoms with Crippen molar-refractivity contribution >= 4 is 0 Å². The van der Waals surface area contributed by atoms with Crippen LogP contribution in [0.25, 0.3) is 0 Å². The van der Waals surface area contributed by atoms with E-state index in [4.69, 9.17) is 0 Å². The van der Waals surface area contributed by atoms with Crippen LogP contribution in [0.5, 0.6) is 0 Å². The molecule has 2 rings (SSSR count). The fourth-order valence-electron chi connectivity index (χ4n) is 1.29. The lowest BCUT2D eigenvalue weighted by Gasteiger charge is -2.11. The molecule has 0 radical (unpaired) electrons. The Morgan fingerprint density at radius 3 is 2.53 bits per heavy atom. The summed E-state index contributed by atoms with van der Waals surface area (Å²) in [6.45, 7) is 0.272. The molecule has 1 aromatic rings. The van der Waals surface area contributed by atoms with Crippen LogP contribution in [0.15, 0.2) is 4.42 Å². The molecule has 0 saturated heterocycles. The highest BCUT2D eigenvalue weighted by Crippen LogP contribution is 2.29. The van der Waals surface area contributed by atoms with Gasteiger partial charge in [0.15, 0.2) is 0 Å². The van der Waals surface area contributed by atoms with E-state index in [2.05, 4.69) is 14.6 Å².